The molecular formula is C16H12BrCl2NO. The number of rotatable bonds is 2. The van der Waals surface area contributed by atoms with Gasteiger partial charge in [-0.3, -0.25) is 0 Å². The third kappa shape index (κ3) is 2.84. The summed E-state index contributed by atoms with van der Waals surface area (Å²) in [5, 5.41) is 2.18. The van der Waals surface area contributed by atoms with Crippen LogP contribution in [0.25, 0.3) is 11.0 Å². The fourth-order valence-electron chi connectivity index (χ4n) is 2.36. The highest BCUT2D eigenvalue weighted by atomic mass is 79.9. The van der Waals surface area contributed by atoms with E-state index in [-0.39, 0.29) is 0 Å². The van der Waals surface area contributed by atoms with Crippen LogP contribution in [0.4, 0.5) is 0 Å². The van der Waals surface area contributed by atoms with Crippen LogP contribution in [0.1, 0.15) is 22.9 Å². The number of fused-ring (bicyclic) bond motifs is 1. The second-order valence-corrected chi connectivity index (χ2v) is 6.69. The molecule has 2 aromatic carbocycles. The van der Waals surface area contributed by atoms with Crippen molar-refractivity contribution in [2.45, 2.75) is 13.0 Å². The number of benzene rings is 2. The first-order valence-corrected chi connectivity index (χ1v) is 7.90. The van der Waals surface area contributed by atoms with E-state index in [2.05, 4.69) is 15.9 Å². The molecule has 0 aliphatic carbocycles. The summed E-state index contributed by atoms with van der Waals surface area (Å²) in [5.41, 5.74) is 8.93. The van der Waals surface area contributed by atoms with Crippen molar-refractivity contribution in [2.24, 2.45) is 5.73 Å². The maximum absolute atomic E-state index is 6.29. The maximum atomic E-state index is 6.29. The molecule has 0 bridgehead atoms. The standard InChI is InChI=1S/C16H12BrCl2NO/c1-8-4-10(17)5-9-6-14(21-16(8)9)15(20)12-7-11(18)2-3-13(12)19/h2-7,15H,20H2,1H3. The first-order chi connectivity index (χ1) is 9.95. The molecule has 2 N–H and O–H groups in total. The summed E-state index contributed by atoms with van der Waals surface area (Å²) >= 11 is 15.7. The van der Waals surface area contributed by atoms with Crippen LogP contribution in [0.2, 0.25) is 10.0 Å². The summed E-state index contributed by atoms with van der Waals surface area (Å²) in [6, 6.07) is 10.7. The van der Waals surface area contributed by atoms with E-state index in [1.807, 2.05) is 25.1 Å². The van der Waals surface area contributed by atoms with Crippen molar-refractivity contribution in [3.63, 3.8) is 0 Å². The third-order valence-corrected chi connectivity index (χ3v) is 4.42. The largest absolute Gasteiger partial charge is 0.459 e. The van der Waals surface area contributed by atoms with E-state index in [0.29, 0.717) is 15.8 Å². The number of halogens is 3. The van der Waals surface area contributed by atoms with Crippen molar-refractivity contribution >= 4 is 50.1 Å². The smallest absolute Gasteiger partial charge is 0.137 e. The van der Waals surface area contributed by atoms with Gasteiger partial charge in [0.05, 0.1) is 6.04 Å². The molecule has 2 nitrogen and oxygen atoms in total. The fraction of sp³-hybridized carbons (Fsp3) is 0.125. The maximum Gasteiger partial charge on any atom is 0.137 e. The lowest BCUT2D eigenvalue weighted by Gasteiger charge is -2.11. The molecule has 108 valence electrons. The highest BCUT2D eigenvalue weighted by Gasteiger charge is 2.18. The predicted molar refractivity (Wildman–Crippen MR) is 91.1 cm³/mol. The van der Waals surface area contributed by atoms with Crippen LogP contribution in [0.3, 0.4) is 0 Å². The molecule has 0 aliphatic rings. The summed E-state index contributed by atoms with van der Waals surface area (Å²) in [7, 11) is 0. The molecule has 1 heterocycles. The van der Waals surface area contributed by atoms with Gasteiger partial charge in [-0.2, -0.15) is 0 Å². The van der Waals surface area contributed by atoms with Gasteiger partial charge in [0.1, 0.15) is 11.3 Å². The number of nitrogens with two attached hydrogens (primary N) is 1. The van der Waals surface area contributed by atoms with Gasteiger partial charge < -0.3 is 10.2 Å². The molecule has 0 amide bonds. The lowest BCUT2D eigenvalue weighted by Crippen LogP contribution is -2.11. The summed E-state index contributed by atoms with van der Waals surface area (Å²) in [6.07, 6.45) is 0. The molecule has 0 saturated heterocycles. The topological polar surface area (TPSA) is 39.2 Å². The van der Waals surface area contributed by atoms with E-state index in [1.54, 1.807) is 18.2 Å². The highest BCUT2D eigenvalue weighted by molar-refractivity contribution is 9.10. The van der Waals surface area contributed by atoms with Gasteiger partial charge in [0.2, 0.25) is 0 Å². The molecule has 3 rings (SSSR count). The molecule has 3 aromatic rings. The number of hydrogen-bond acceptors (Lipinski definition) is 2. The first-order valence-electron chi connectivity index (χ1n) is 6.36. The van der Waals surface area contributed by atoms with E-state index in [1.165, 1.54) is 0 Å². The van der Waals surface area contributed by atoms with Crippen molar-refractivity contribution in [2.75, 3.05) is 0 Å². The Morgan fingerprint density at radius 3 is 2.67 bits per heavy atom. The molecule has 0 aliphatic heterocycles. The van der Waals surface area contributed by atoms with Crippen molar-refractivity contribution in [1.82, 2.24) is 0 Å². The van der Waals surface area contributed by atoms with E-state index < -0.39 is 6.04 Å². The number of hydrogen-bond donors (Lipinski definition) is 1. The minimum Gasteiger partial charge on any atom is -0.459 e. The Balaban J connectivity index is 2.11. The van der Waals surface area contributed by atoms with Gasteiger partial charge in [0.15, 0.2) is 0 Å². The molecule has 1 atom stereocenters. The van der Waals surface area contributed by atoms with E-state index in [4.69, 9.17) is 33.4 Å². The Kier molecular flexibility index (Phi) is 4.02. The zero-order valence-corrected chi connectivity index (χ0v) is 14.3. The normalized spacial score (nSPS) is 12.8. The van der Waals surface area contributed by atoms with Crippen LogP contribution in [-0.4, -0.2) is 0 Å². The molecular weight excluding hydrogens is 373 g/mol. The predicted octanol–water partition coefficient (Wildman–Crippen LogP) is 5.86. The second-order valence-electron chi connectivity index (χ2n) is 4.93. The lowest BCUT2D eigenvalue weighted by atomic mass is 10.1. The van der Waals surface area contributed by atoms with E-state index >= 15 is 0 Å². The molecule has 5 heteroatoms. The molecule has 0 spiro atoms. The minimum absolute atomic E-state index is 0.457. The van der Waals surface area contributed by atoms with Crippen molar-refractivity contribution in [3.05, 3.63) is 67.8 Å². The quantitative estimate of drug-likeness (QED) is 0.601. The first kappa shape index (κ1) is 14.9. The molecule has 0 radical (unpaired) electrons. The Morgan fingerprint density at radius 2 is 1.90 bits per heavy atom. The average molecular weight is 385 g/mol. The van der Waals surface area contributed by atoms with Crippen LogP contribution >= 0.6 is 39.1 Å². The van der Waals surface area contributed by atoms with Crippen molar-refractivity contribution < 1.29 is 4.42 Å². The van der Waals surface area contributed by atoms with Crippen LogP contribution < -0.4 is 5.73 Å². The zero-order valence-electron chi connectivity index (χ0n) is 11.2. The Hall–Kier alpha value is -1.00. The SMILES string of the molecule is Cc1cc(Br)cc2cc(C(N)c3cc(Cl)ccc3Cl)oc12. The van der Waals surface area contributed by atoms with Crippen molar-refractivity contribution in [1.29, 1.82) is 0 Å². The van der Waals surface area contributed by atoms with E-state index in [0.717, 1.165) is 26.6 Å². The van der Waals surface area contributed by atoms with Gasteiger partial charge in [-0.05, 0) is 54.4 Å². The summed E-state index contributed by atoms with van der Waals surface area (Å²) < 4.78 is 6.93. The van der Waals surface area contributed by atoms with Crippen LogP contribution in [0, 0.1) is 6.92 Å². The summed E-state index contributed by atoms with van der Waals surface area (Å²) in [5.74, 6) is 0.662. The Labute approximate surface area is 141 Å². The molecule has 1 unspecified atom stereocenters. The average Bonchev–Trinajstić information content (AvgIpc) is 2.85. The summed E-state index contributed by atoms with van der Waals surface area (Å²) in [6.45, 7) is 2.00. The van der Waals surface area contributed by atoms with Crippen LogP contribution in [0.15, 0.2) is 45.3 Å². The monoisotopic (exact) mass is 383 g/mol. The lowest BCUT2D eigenvalue weighted by molar-refractivity contribution is 0.523. The Bertz CT molecular complexity index is 829. The van der Waals surface area contributed by atoms with Gasteiger partial charge in [-0.15, -0.1) is 0 Å². The van der Waals surface area contributed by atoms with Crippen LogP contribution in [0.5, 0.6) is 0 Å². The van der Waals surface area contributed by atoms with E-state index in [9.17, 15) is 0 Å². The Morgan fingerprint density at radius 1 is 1.14 bits per heavy atom. The molecule has 21 heavy (non-hydrogen) atoms. The number of aryl methyl sites for hydroxylation is 1. The van der Waals surface area contributed by atoms with Gasteiger partial charge in [0.25, 0.3) is 0 Å². The van der Waals surface area contributed by atoms with Gasteiger partial charge >= 0.3 is 0 Å². The minimum atomic E-state index is -0.457. The molecule has 0 saturated carbocycles. The molecule has 1 aromatic heterocycles. The van der Waals surface area contributed by atoms with Crippen LogP contribution in [-0.2, 0) is 0 Å². The third-order valence-electron chi connectivity index (χ3n) is 3.39. The van der Waals surface area contributed by atoms with Gasteiger partial charge in [-0.25, -0.2) is 0 Å². The van der Waals surface area contributed by atoms with Crippen molar-refractivity contribution in [3.8, 4) is 0 Å². The fourth-order valence-corrected chi connectivity index (χ4v) is 3.37. The van der Waals surface area contributed by atoms with Gasteiger partial charge in [-0.1, -0.05) is 39.1 Å². The highest BCUT2D eigenvalue weighted by Crippen LogP contribution is 2.34. The van der Waals surface area contributed by atoms with Gasteiger partial charge in [0, 0.05) is 19.9 Å². The molecule has 0 fully saturated rings. The summed E-state index contributed by atoms with van der Waals surface area (Å²) in [4.78, 5) is 0. The second kappa shape index (κ2) is 5.65. The zero-order chi connectivity index (χ0) is 15.1. The number of furan rings is 1.